The van der Waals surface area contributed by atoms with Crippen molar-refractivity contribution in [1.29, 1.82) is 0 Å². The van der Waals surface area contributed by atoms with Crippen LogP contribution >= 0.6 is 7.82 Å². The van der Waals surface area contributed by atoms with Crippen LogP contribution in [0.2, 0.25) is 0 Å². The lowest BCUT2D eigenvalue weighted by Gasteiger charge is -2.24. The number of hydrogen-bond donors (Lipinski definition) is 1. The van der Waals surface area contributed by atoms with Gasteiger partial charge in [-0.3, -0.25) is 13.8 Å². The van der Waals surface area contributed by atoms with Crippen molar-refractivity contribution in [3.8, 4) is 0 Å². The first kappa shape index (κ1) is 53.2. The number of likely N-dealkylation sites (N-methyl/N-ethyl adjacent to an activating group) is 1. The van der Waals surface area contributed by atoms with Gasteiger partial charge in [-0.2, -0.15) is 0 Å². The molecule has 0 bridgehead atoms. The Bertz CT molecular complexity index is 879. The van der Waals surface area contributed by atoms with Crippen LogP contribution < -0.4 is 0 Å². The molecule has 0 aromatic heterocycles. The van der Waals surface area contributed by atoms with Crippen molar-refractivity contribution in [1.82, 2.24) is 0 Å². The van der Waals surface area contributed by atoms with Crippen LogP contribution in [0.5, 0.6) is 0 Å². The first-order valence-corrected chi connectivity index (χ1v) is 24.4. The van der Waals surface area contributed by atoms with Crippen LogP contribution in [-0.2, 0) is 27.9 Å². The van der Waals surface area contributed by atoms with Crippen LogP contribution in [0, 0.1) is 0 Å². The molecule has 8 nitrogen and oxygen atoms in total. The minimum Gasteiger partial charge on any atom is -0.457 e. The van der Waals surface area contributed by atoms with Crippen molar-refractivity contribution in [3.05, 3.63) is 12.2 Å². The summed E-state index contributed by atoms with van der Waals surface area (Å²) in [4.78, 5) is 22.9. The summed E-state index contributed by atoms with van der Waals surface area (Å²) in [7, 11) is 1.67. The largest absolute Gasteiger partial charge is 0.472 e. The Hall–Kier alpha value is -0.760. The van der Waals surface area contributed by atoms with Crippen LogP contribution in [-0.4, -0.2) is 75.6 Å². The van der Waals surface area contributed by atoms with Gasteiger partial charge in [-0.05, 0) is 38.5 Å². The van der Waals surface area contributed by atoms with E-state index < -0.39 is 13.9 Å². The third-order valence-electron chi connectivity index (χ3n) is 10.1. The second kappa shape index (κ2) is 39.1. The number of carbonyl (C=O) groups excluding carboxylic acids is 1. The first-order valence-electron chi connectivity index (χ1n) is 22.9. The smallest absolute Gasteiger partial charge is 0.457 e. The summed E-state index contributed by atoms with van der Waals surface area (Å²) >= 11 is 0. The molecule has 0 fully saturated rings. The lowest BCUT2D eigenvalue weighted by molar-refractivity contribution is -0.870. The summed E-state index contributed by atoms with van der Waals surface area (Å²) in [5, 5.41) is 0. The van der Waals surface area contributed by atoms with Crippen molar-refractivity contribution < 1.29 is 37.3 Å². The molecule has 0 radical (unpaired) electrons. The molecule has 54 heavy (non-hydrogen) atoms. The maximum absolute atomic E-state index is 12.7. The number of phosphoric acid groups is 1. The van der Waals surface area contributed by atoms with Gasteiger partial charge in [0.25, 0.3) is 0 Å². The second-order valence-electron chi connectivity index (χ2n) is 16.8. The lowest BCUT2D eigenvalue weighted by Crippen LogP contribution is -2.37. The van der Waals surface area contributed by atoms with Gasteiger partial charge in [-0.25, -0.2) is 4.57 Å². The molecule has 322 valence electrons. The van der Waals surface area contributed by atoms with Gasteiger partial charge in [-0.15, -0.1) is 0 Å². The topological polar surface area (TPSA) is 91.3 Å². The molecule has 0 saturated carbocycles. The normalized spacial score (nSPS) is 13.8. The Labute approximate surface area is 335 Å². The number of rotatable bonds is 43. The molecule has 0 aromatic rings. The molecule has 1 N–H and O–H groups in total. The Balaban J connectivity index is 4.20. The molecular formula is C45H91NO7P+. The predicted molar refractivity (Wildman–Crippen MR) is 229 cm³/mol. The van der Waals surface area contributed by atoms with E-state index in [2.05, 4.69) is 26.0 Å². The average molecular weight is 789 g/mol. The fourth-order valence-electron chi connectivity index (χ4n) is 6.49. The summed E-state index contributed by atoms with van der Waals surface area (Å²) in [6.07, 6.45) is 42.4. The predicted octanol–water partition coefficient (Wildman–Crippen LogP) is 13.4. The minimum atomic E-state index is -4.27. The molecule has 0 heterocycles. The molecule has 0 aliphatic heterocycles. The standard InChI is InChI=1S/C45H90NO7P/c1-6-8-10-12-14-16-18-20-22-24-26-28-30-32-34-36-38-45(47)53-44(43-52-54(48,49)51-41-39-46(3,4)5)42-50-40-37-35-33-31-29-27-25-23-21-19-17-15-13-11-9-7-2/h22,24,44H,6-21,23,25-43H2,1-5H3/p+1/b24-22-. The van der Waals surface area contributed by atoms with Crippen LogP contribution in [0.1, 0.15) is 213 Å². The molecule has 2 unspecified atom stereocenters. The molecule has 2 atom stereocenters. The van der Waals surface area contributed by atoms with Crippen molar-refractivity contribution in [2.45, 2.75) is 219 Å². The van der Waals surface area contributed by atoms with Gasteiger partial charge in [0.15, 0.2) is 0 Å². The quantitative estimate of drug-likeness (QED) is 0.0216. The summed E-state index contributed by atoms with van der Waals surface area (Å²) in [5.41, 5.74) is 0. The fraction of sp³-hybridized carbons (Fsp3) is 0.933. The molecule has 0 rings (SSSR count). The fourth-order valence-corrected chi connectivity index (χ4v) is 7.23. The van der Waals surface area contributed by atoms with E-state index in [0.717, 1.165) is 38.5 Å². The van der Waals surface area contributed by atoms with Crippen molar-refractivity contribution in [2.75, 3.05) is 54.1 Å². The van der Waals surface area contributed by atoms with E-state index in [1.807, 2.05) is 21.1 Å². The van der Waals surface area contributed by atoms with E-state index in [-0.39, 0.29) is 25.8 Å². The van der Waals surface area contributed by atoms with Gasteiger partial charge in [0.05, 0.1) is 34.4 Å². The highest BCUT2D eigenvalue weighted by Gasteiger charge is 2.26. The molecule has 0 aromatic carbocycles. The van der Waals surface area contributed by atoms with E-state index >= 15 is 0 Å². The molecule has 0 spiro atoms. The minimum absolute atomic E-state index is 0.0903. The molecule has 0 saturated heterocycles. The zero-order chi connectivity index (χ0) is 39.9. The van der Waals surface area contributed by atoms with E-state index in [4.69, 9.17) is 18.5 Å². The van der Waals surface area contributed by atoms with Crippen molar-refractivity contribution >= 4 is 13.8 Å². The van der Waals surface area contributed by atoms with Crippen LogP contribution in [0.15, 0.2) is 12.2 Å². The van der Waals surface area contributed by atoms with E-state index in [1.165, 1.54) is 154 Å². The molecular weight excluding hydrogens is 697 g/mol. The molecule has 0 amide bonds. The summed E-state index contributed by atoms with van der Waals surface area (Å²) in [6, 6.07) is 0. The number of unbranched alkanes of at least 4 members (excludes halogenated alkanes) is 27. The van der Waals surface area contributed by atoms with Crippen LogP contribution in [0.4, 0.5) is 0 Å². The lowest BCUT2D eigenvalue weighted by atomic mass is 10.0. The molecule has 0 aliphatic carbocycles. The number of allylic oxidation sites excluding steroid dienone is 2. The monoisotopic (exact) mass is 789 g/mol. The van der Waals surface area contributed by atoms with E-state index in [9.17, 15) is 14.3 Å². The first-order chi connectivity index (χ1) is 26.1. The van der Waals surface area contributed by atoms with Crippen LogP contribution in [0.25, 0.3) is 0 Å². The zero-order valence-corrected chi connectivity index (χ0v) is 37.4. The number of ether oxygens (including phenoxy) is 2. The Morgan fingerprint density at radius 1 is 0.556 bits per heavy atom. The zero-order valence-electron chi connectivity index (χ0n) is 36.5. The highest BCUT2D eigenvalue weighted by atomic mass is 31.2. The summed E-state index contributed by atoms with van der Waals surface area (Å²) < 4.78 is 35.0. The van der Waals surface area contributed by atoms with Crippen molar-refractivity contribution in [2.24, 2.45) is 0 Å². The highest BCUT2D eigenvalue weighted by molar-refractivity contribution is 7.47. The van der Waals surface area contributed by atoms with Gasteiger partial charge in [0.1, 0.15) is 19.3 Å². The summed E-state index contributed by atoms with van der Waals surface area (Å²) in [5.74, 6) is -0.318. The Kier molecular flexibility index (Phi) is 38.5. The maximum Gasteiger partial charge on any atom is 0.472 e. The van der Waals surface area contributed by atoms with E-state index in [0.29, 0.717) is 24.1 Å². The third-order valence-corrected chi connectivity index (χ3v) is 11.1. The van der Waals surface area contributed by atoms with Crippen LogP contribution in [0.3, 0.4) is 0 Å². The highest BCUT2D eigenvalue weighted by Crippen LogP contribution is 2.43. The van der Waals surface area contributed by atoms with Gasteiger partial charge >= 0.3 is 13.8 Å². The van der Waals surface area contributed by atoms with Gasteiger partial charge in [0, 0.05) is 13.0 Å². The molecule has 9 heteroatoms. The van der Waals surface area contributed by atoms with E-state index in [1.54, 1.807) is 0 Å². The second-order valence-corrected chi connectivity index (χ2v) is 18.2. The average Bonchev–Trinajstić information content (AvgIpc) is 3.12. The summed E-state index contributed by atoms with van der Waals surface area (Å²) in [6.45, 7) is 5.65. The molecule has 0 aliphatic rings. The van der Waals surface area contributed by atoms with Crippen molar-refractivity contribution in [3.63, 3.8) is 0 Å². The number of esters is 1. The number of phosphoric ester groups is 1. The van der Waals surface area contributed by atoms with Gasteiger partial charge < -0.3 is 18.9 Å². The van der Waals surface area contributed by atoms with Gasteiger partial charge in [0.2, 0.25) is 0 Å². The SMILES string of the molecule is CCCCCCCCC/C=C\CCCCCCCC(=O)OC(COCCCCCCCCCCCCCCCCCC)COP(=O)(O)OCC[N+](C)(C)C. The Morgan fingerprint density at radius 2 is 0.963 bits per heavy atom. The van der Waals surface area contributed by atoms with Gasteiger partial charge in [-0.1, -0.05) is 180 Å². The number of hydrogen-bond acceptors (Lipinski definition) is 6. The maximum atomic E-state index is 12.7. The number of nitrogens with zero attached hydrogens (tertiary/aromatic N) is 1. The number of quaternary nitrogens is 1. The Morgan fingerprint density at radius 3 is 1.41 bits per heavy atom. The number of carbonyl (C=O) groups is 1. The third kappa shape index (κ3) is 42.4.